The van der Waals surface area contributed by atoms with E-state index in [2.05, 4.69) is 0 Å². The number of ether oxygens (including phenoxy) is 6. The second-order valence-electron chi connectivity index (χ2n) is 8.34. The number of benzene rings is 3. The molecule has 8 heteroatoms. The molecule has 1 heterocycles. The van der Waals surface area contributed by atoms with Crippen molar-refractivity contribution in [3.8, 4) is 51.4 Å². The van der Waals surface area contributed by atoms with Crippen LogP contribution < -0.4 is 28.4 Å². The van der Waals surface area contributed by atoms with Crippen molar-refractivity contribution in [3.63, 3.8) is 0 Å². The molecular formula is C27H30O8. The van der Waals surface area contributed by atoms with E-state index in [0.29, 0.717) is 28.6 Å². The molecule has 0 spiro atoms. The first-order valence-electron chi connectivity index (χ1n) is 11.1. The van der Waals surface area contributed by atoms with Gasteiger partial charge in [0.05, 0.1) is 35.0 Å². The highest BCUT2D eigenvalue weighted by atomic mass is 16.6. The zero-order valence-corrected chi connectivity index (χ0v) is 20.7. The minimum Gasteiger partial charge on any atom is -0.502 e. The molecule has 2 unspecified atom stereocenters. The van der Waals surface area contributed by atoms with E-state index in [4.69, 9.17) is 28.4 Å². The molecule has 0 saturated carbocycles. The molecule has 0 radical (unpaired) electrons. The Balaban J connectivity index is 2.02. The molecular weight excluding hydrogens is 452 g/mol. The second-order valence-corrected chi connectivity index (χ2v) is 8.34. The van der Waals surface area contributed by atoms with E-state index in [1.54, 1.807) is 26.4 Å². The number of hydrogen-bond acceptors (Lipinski definition) is 8. The van der Waals surface area contributed by atoms with Crippen molar-refractivity contribution >= 4 is 0 Å². The van der Waals surface area contributed by atoms with Crippen LogP contribution in [-0.2, 0) is 0 Å². The lowest BCUT2D eigenvalue weighted by atomic mass is 9.96. The molecule has 0 fully saturated rings. The quantitative estimate of drug-likeness (QED) is 0.527. The van der Waals surface area contributed by atoms with Gasteiger partial charge in [-0.15, -0.1) is 0 Å². The first-order chi connectivity index (χ1) is 16.8. The van der Waals surface area contributed by atoms with Gasteiger partial charge in [-0.2, -0.15) is 0 Å². The maximum atomic E-state index is 10.4. The van der Waals surface area contributed by atoms with Gasteiger partial charge in [0, 0.05) is 16.7 Å². The number of rotatable bonds is 6. The molecule has 1 aliphatic rings. The molecule has 4 rings (SSSR count). The summed E-state index contributed by atoms with van der Waals surface area (Å²) in [7, 11) is 6.05. The molecule has 0 aliphatic carbocycles. The highest BCUT2D eigenvalue weighted by Crippen LogP contribution is 2.51. The Morgan fingerprint density at radius 2 is 1.14 bits per heavy atom. The van der Waals surface area contributed by atoms with Crippen LogP contribution in [0.5, 0.6) is 40.2 Å². The van der Waals surface area contributed by atoms with E-state index < -0.39 is 12.2 Å². The maximum absolute atomic E-state index is 10.4. The third kappa shape index (κ3) is 4.37. The van der Waals surface area contributed by atoms with Gasteiger partial charge in [-0.1, -0.05) is 0 Å². The number of fused-ring (bicyclic) bond motifs is 3. The SMILES string of the molecule is COc1cc(C2Oc3c(OC)cc(C)cc3-c3cc(C)cc(OC)c3OC2CO)cc(OC)c1O. The normalized spacial score (nSPS) is 16.5. The number of hydrogen-bond donors (Lipinski definition) is 2. The van der Waals surface area contributed by atoms with Gasteiger partial charge in [-0.25, -0.2) is 0 Å². The standard InChI is InChI=1S/C27H30O8/c1-14-7-17-18-8-15(2)10-22(33-6)27(18)35-25(23(13-28)34-26(17)21(9-14)32-5)16-11-19(30-3)24(29)20(12-16)31-4/h7-12,23,25,28-29H,13H2,1-6H3. The molecule has 3 aromatic carbocycles. The smallest absolute Gasteiger partial charge is 0.200 e. The Hall–Kier alpha value is -3.78. The van der Waals surface area contributed by atoms with Crippen LogP contribution in [0, 0.1) is 13.8 Å². The summed E-state index contributed by atoms with van der Waals surface area (Å²) in [6, 6.07) is 11.0. The summed E-state index contributed by atoms with van der Waals surface area (Å²) in [5.74, 6) is 2.31. The number of aromatic hydroxyl groups is 1. The molecule has 8 nitrogen and oxygen atoms in total. The Bertz CT molecular complexity index is 1210. The molecule has 2 N–H and O–H groups in total. The summed E-state index contributed by atoms with van der Waals surface area (Å²) in [6.07, 6.45) is -1.67. The van der Waals surface area contributed by atoms with Crippen LogP contribution in [0.2, 0.25) is 0 Å². The van der Waals surface area contributed by atoms with Gasteiger partial charge in [0.2, 0.25) is 5.75 Å². The van der Waals surface area contributed by atoms with E-state index >= 15 is 0 Å². The molecule has 0 bridgehead atoms. The van der Waals surface area contributed by atoms with Crippen LogP contribution in [0.25, 0.3) is 11.1 Å². The summed E-state index contributed by atoms with van der Waals surface area (Å²) in [5, 5.41) is 20.8. The predicted molar refractivity (Wildman–Crippen MR) is 131 cm³/mol. The van der Waals surface area contributed by atoms with Crippen LogP contribution in [0.3, 0.4) is 0 Å². The first kappa shape index (κ1) is 24.3. The maximum Gasteiger partial charge on any atom is 0.200 e. The van der Waals surface area contributed by atoms with Crippen molar-refractivity contribution in [3.05, 3.63) is 53.1 Å². The Morgan fingerprint density at radius 1 is 0.686 bits per heavy atom. The number of phenolic OH excluding ortho intramolecular Hbond substituents is 1. The number of aliphatic hydroxyl groups is 1. The van der Waals surface area contributed by atoms with Gasteiger partial charge in [-0.05, 0) is 61.4 Å². The van der Waals surface area contributed by atoms with Crippen molar-refractivity contribution in [1.82, 2.24) is 0 Å². The first-order valence-corrected chi connectivity index (χ1v) is 11.1. The van der Waals surface area contributed by atoms with Crippen LogP contribution >= 0.6 is 0 Å². The lowest BCUT2D eigenvalue weighted by molar-refractivity contribution is 0.0107. The van der Waals surface area contributed by atoms with E-state index in [0.717, 1.165) is 22.3 Å². The molecule has 35 heavy (non-hydrogen) atoms. The molecule has 0 saturated heterocycles. The fraction of sp³-hybridized carbons (Fsp3) is 0.333. The van der Waals surface area contributed by atoms with Crippen molar-refractivity contribution in [1.29, 1.82) is 0 Å². The van der Waals surface area contributed by atoms with Crippen molar-refractivity contribution < 1.29 is 38.6 Å². The zero-order chi connectivity index (χ0) is 25.3. The van der Waals surface area contributed by atoms with E-state index in [1.165, 1.54) is 14.2 Å². The van der Waals surface area contributed by atoms with Crippen LogP contribution in [0.15, 0.2) is 36.4 Å². The fourth-order valence-electron chi connectivity index (χ4n) is 4.34. The number of phenols is 1. The van der Waals surface area contributed by atoms with Gasteiger partial charge < -0.3 is 38.6 Å². The summed E-state index contributed by atoms with van der Waals surface area (Å²) in [5.41, 5.74) is 4.04. The number of methoxy groups -OCH3 is 4. The Morgan fingerprint density at radius 3 is 1.57 bits per heavy atom. The third-order valence-corrected chi connectivity index (χ3v) is 5.99. The molecule has 1 aliphatic heterocycles. The number of aryl methyl sites for hydroxylation is 2. The topological polar surface area (TPSA) is 95.8 Å². The predicted octanol–water partition coefficient (Wildman–Crippen LogP) is 4.58. The van der Waals surface area contributed by atoms with Crippen LogP contribution in [-0.4, -0.2) is 51.4 Å². The minimum absolute atomic E-state index is 0.137. The number of aliphatic hydroxyl groups excluding tert-OH is 1. The lowest BCUT2D eigenvalue weighted by Gasteiger charge is -2.33. The summed E-state index contributed by atoms with van der Waals surface area (Å²) >= 11 is 0. The zero-order valence-electron chi connectivity index (χ0n) is 20.7. The highest BCUT2D eigenvalue weighted by Gasteiger charge is 2.35. The van der Waals surface area contributed by atoms with Gasteiger partial charge in [0.25, 0.3) is 0 Å². The van der Waals surface area contributed by atoms with E-state index in [-0.39, 0.29) is 23.9 Å². The second kappa shape index (κ2) is 9.84. The summed E-state index contributed by atoms with van der Waals surface area (Å²) < 4.78 is 35.0. The molecule has 0 amide bonds. The largest absolute Gasteiger partial charge is 0.502 e. The minimum atomic E-state index is -0.844. The average molecular weight is 483 g/mol. The molecule has 186 valence electrons. The van der Waals surface area contributed by atoms with Crippen LogP contribution in [0.4, 0.5) is 0 Å². The summed E-state index contributed by atoms with van der Waals surface area (Å²) in [6.45, 7) is 3.57. The van der Waals surface area contributed by atoms with Crippen molar-refractivity contribution in [2.24, 2.45) is 0 Å². The van der Waals surface area contributed by atoms with Gasteiger partial charge >= 0.3 is 0 Å². The Kier molecular flexibility index (Phi) is 6.84. The third-order valence-electron chi connectivity index (χ3n) is 5.99. The lowest BCUT2D eigenvalue weighted by Crippen LogP contribution is -2.34. The Labute approximate surface area is 204 Å². The van der Waals surface area contributed by atoms with Crippen molar-refractivity contribution in [2.75, 3.05) is 35.0 Å². The molecule has 0 aromatic heterocycles. The molecule has 3 aromatic rings. The van der Waals surface area contributed by atoms with Gasteiger partial charge in [0.15, 0.2) is 46.7 Å². The van der Waals surface area contributed by atoms with Crippen molar-refractivity contribution in [2.45, 2.75) is 26.1 Å². The van der Waals surface area contributed by atoms with E-state index in [1.807, 2.05) is 38.1 Å². The molecule has 2 atom stereocenters. The van der Waals surface area contributed by atoms with E-state index in [9.17, 15) is 10.2 Å². The average Bonchev–Trinajstić information content (AvgIpc) is 2.85. The monoisotopic (exact) mass is 482 g/mol. The van der Waals surface area contributed by atoms with Gasteiger partial charge in [-0.3, -0.25) is 0 Å². The highest BCUT2D eigenvalue weighted by molar-refractivity contribution is 5.82. The summed E-state index contributed by atoms with van der Waals surface area (Å²) in [4.78, 5) is 0. The fourth-order valence-corrected chi connectivity index (χ4v) is 4.34. The van der Waals surface area contributed by atoms with Gasteiger partial charge in [0.1, 0.15) is 0 Å². The van der Waals surface area contributed by atoms with Crippen LogP contribution in [0.1, 0.15) is 22.8 Å².